The van der Waals surface area contributed by atoms with E-state index in [1.165, 1.54) is 11.3 Å². The van der Waals surface area contributed by atoms with Gasteiger partial charge in [-0.2, -0.15) is 0 Å². The Morgan fingerprint density at radius 2 is 1.89 bits per heavy atom. The molecule has 1 aromatic carbocycles. The molecule has 0 saturated carbocycles. The van der Waals surface area contributed by atoms with E-state index in [-0.39, 0.29) is 17.9 Å². The molecule has 6 nitrogen and oxygen atoms in total. The molecular weight excluding hydrogens is 372 g/mol. The van der Waals surface area contributed by atoms with Gasteiger partial charge in [0.15, 0.2) is 0 Å². The second-order valence-electron chi connectivity index (χ2n) is 7.69. The van der Waals surface area contributed by atoms with Crippen molar-refractivity contribution in [1.82, 2.24) is 14.8 Å². The zero-order chi connectivity index (χ0) is 20.4. The van der Waals surface area contributed by atoms with Gasteiger partial charge in [-0.3, -0.25) is 9.59 Å². The van der Waals surface area contributed by atoms with Crippen LogP contribution >= 0.6 is 11.3 Å². The summed E-state index contributed by atoms with van der Waals surface area (Å²) in [6.07, 6.45) is 1.04. The molecular formula is C21H26N4O2S. The molecule has 0 fully saturated rings. The summed E-state index contributed by atoms with van der Waals surface area (Å²) >= 11 is 1.40. The summed E-state index contributed by atoms with van der Waals surface area (Å²) in [4.78, 5) is 25.0. The summed E-state index contributed by atoms with van der Waals surface area (Å²) in [5.41, 5.74) is 3.97. The maximum Gasteiger partial charge on any atom is 0.251 e. The third-order valence-corrected chi connectivity index (χ3v) is 5.47. The predicted octanol–water partition coefficient (Wildman–Crippen LogP) is 4.01. The van der Waals surface area contributed by atoms with Crippen LogP contribution in [0.1, 0.15) is 42.0 Å². The lowest BCUT2D eigenvalue weighted by Crippen LogP contribution is -2.24. The van der Waals surface area contributed by atoms with Crippen LogP contribution in [0.15, 0.2) is 23.0 Å². The number of hydrogen-bond acceptors (Lipinski definition) is 5. The van der Waals surface area contributed by atoms with Crippen LogP contribution in [-0.2, 0) is 17.8 Å². The second-order valence-corrected chi connectivity index (χ2v) is 8.75. The first-order valence-corrected chi connectivity index (χ1v) is 10.3. The molecule has 2 aromatic heterocycles. The third-order valence-electron chi connectivity index (χ3n) is 4.60. The van der Waals surface area contributed by atoms with Crippen LogP contribution in [0.4, 0.5) is 5.13 Å². The Hall–Kier alpha value is -2.54. The van der Waals surface area contributed by atoms with E-state index in [9.17, 15) is 9.59 Å². The average Bonchev–Trinajstić information content (AvgIpc) is 3.01. The topological polar surface area (TPSA) is 76.9 Å². The fourth-order valence-electron chi connectivity index (χ4n) is 3.42. The first-order valence-electron chi connectivity index (χ1n) is 9.48. The number of nitrogens with one attached hydrogen (secondary N) is 1. The average molecular weight is 399 g/mol. The number of carbonyl (C=O) groups is 1. The van der Waals surface area contributed by atoms with Gasteiger partial charge < -0.3 is 9.88 Å². The van der Waals surface area contributed by atoms with Crippen molar-refractivity contribution in [3.63, 3.8) is 0 Å². The van der Waals surface area contributed by atoms with E-state index < -0.39 is 0 Å². The number of rotatable bonds is 6. The molecule has 0 saturated heterocycles. The predicted molar refractivity (Wildman–Crippen MR) is 114 cm³/mol. The van der Waals surface area contributed by atoms with Crippen LogP contribution in [0, 0.1) is 26.7 Å². The van der Waals surface area contributed by atoms with E-state index in [0.717, 1.165) is 39.0 Å². The molecule has 28 heavy (non-hydrogen) atoms. The number of hydrogen-bond donors (Lipinski definition) is 1. The van der Waals surface area contributed by atoms with E-state index in [1.807, 2.05) is 20.8 Å². The van der Waals surface area contributed by atoms with Crippen molar-refractivity contribution < 1.29 is 4.79 Å². The molecule has 3 rings (SSSR count). The highest BCUT2D eigenvalue weighted by Gasteiger charge is 2.13. The highest BCUT2D eigenvalue weighted by molar-refractivity contribution is 7.15. The SMILES string of the molecule is Cc1cc(C)c2c(c1)c(C)cc(=O)n2CCC(=O)Nc1nnc(CC(C)C)s1. The van der Waals surface area contributed by atoms with Gasteiger partial charge in [0.25, 0.3) is 5.56 Å². The number of anilines is 1. The molecule has 148 valence electrons. The number of fused-ring (bicyclic) bond motifs is 1. The molecule has 0 aliphatic carbocycles. The number of aryl methyl sites for hydroxylation is 4. The maximum absolute atomic E-state index is 12.6. The lowest BCUT2D eigenvalue weighted by Gasteiger charge is -2.15. The normalized spacial score (nSPS) is 11.4. The van der Waals surface area contributed by atoms with Crippen molar-refractivity contribution in [2.24, 2.45) is 5.92 Å². The molecule has 0 bridgehead atoms. The molecule has 0 radical (unpaired) electrons. The molecule has 0 unspecified atom stereocenters. The molecule has 2 heterocycles. The Bertz CT molecular complexity index is 1080. The zero-order valence-electron chi connectivity index (χ0n) is 17.0. The van der Waals surface area contributed by atoms with Gasteiger partial charge in [-0.25, -0.2) is 0 Å². The number of nitrogens with zero attached hydrogens (tertiary/aromatic N) is 3. The summed E-state index contributed by atoms with van der Waals surface area (Å²) in [7, 11) is 0. The summed E-state index contributed by atoms with van der Waals surface area (Å²) in [5.74, 6) is 0.322. The van der Waals surface area contributed by atoms with Gasteiger partial charge >= 0.3 is 0 Å². The van der Waals surface area contributed by atoms with Gasteiger partial charge in [-0.1, -0.05) is 36.8 Å². The summed E-state index contributed by atoms with van der Waals surface area (Å²) < 4.78 is 1.70. The molecule has 0 atom stereocenters. The fraction of sp³-hybridized carbons (Fsp3) is 0.429. The lowest BCUT2D eigenvalue weighted by molar-refractivity contribution is -0.116. The van der Waals surface area contributed by atoms with Crippen LogP contribution < -0.4 is 10.9 Å². The minimum atomic E-state index is -0.169. The first kappa shape index (κ1) is 20.2. The monoisotopic (exact) mass is 398 g/mol. The Balaban J connectivity index is 1.77. The molecule has 7 heteroatoms. The largest absolute Gasteiger partial charge is 0.307 e. The maximum atomic E-state index is 12.6. The van der Waals surface area contributed by atoms with Crippen LogP contribution in [0.5, 0.6) is 0 Å². The number of benzene rings is 1. The van der Waals surface area contributed by atoms with Crippen LogP contribution in [0.2, 0.25) is 0 Å². The Morgan fingerprint density at radius 3 is 2.61 bits per heavy atom. The van der Waals surface area contributed by atoms with E-state index in [0.29, 0.717) is 17.6 Å². The summed E-state index contributed by atoms with van der Waals surface area (Å²) in [6, 6.07) is 5.79. The van der Waals surface area contributed by atoms with Gasteiger partial charge in [-0.15, -0.1) is 10.2 Å². The van der Waals surface area contributed by atoms with Crippen LogP contribution in [0.3, 0.4) is 0 Å². The zero-order valence-corrected chi connectivity index (χ0v) is 17.8. The number of aromatic nitrogens is 3. The van der Waals surface area contributed by atoms with Crippen molar-refractivity contribution >= 4 is 33.3 Å². The molecule has 0 aliphatic rings. The third kappa shape index (κ3) is 4.47. The van der Waals surface area contributed by atoms with Gasteiger partial charge in [0, 0.05) is 30.8 Å². The summed E-state index contributed by atoms with van der Waals surface area (Å²) in [6.45, 7) is 10.6. The van der Waals surface area contributed by atoms with E-state index in [1.54, 1.807) is 10.6 Å². The van der Waals surface area contributed by atoms with E-state index in [2.05, 4.69) is 41.5 Å². The first-order chi connectivity index (χ1) is 13.2. The standard InChI is InChI=1S/C21H26N4O2S/c1-12(2)8-18-23-24-21(28-18)22-17(26)6-7-25-19(27)11-14(4)16-10-13(3)9-15(5)20(16)25/h9-12H,6-8H2,1-5H3,(H,22,24,26). The number of amides is 1. The Kier molecular flexibility index (Phi) is 5.93. The van der Waals surface area contributed by atoms with Gasteiger partial charge in [0.2, 0.25) is 11.0 Å². The quantitative estimate of drug-likeness (QED) is 0.681. The lowest BCUT2D eigenvalue weighted by atomic mass is 10.0. The van der Waals surface area contributed by atoms with Crippen molar-refractivity contribution in [2.45, 2.75) is 54.0 Å². The van der Waals surface area contributed by atoms with Gasteiger partial charge in [-0.05, 0) is 43.9 Å². The van der Waals surface area contributed by atoms with Crippen molar-refractivity contribution in [3.8, 4) is 0 Å². The molecule has 1 N–H and O–H groups in total. The fourth-order valence-corrected chi connectivity index (χ4v) is 4.39. The Labute approximate surface area is 168 Å². The van der Waals surface area contributed by atoms with Gasteiger partial charge in [0.1, 0.15) is 5.01 Å². The second kappa shape index (κ2) is 8.22. The van der Waals surface area contributed by atoms with Gasteiger partial charge in [0.05, 0.1) is 5.52 Å². The Morgan fingerprint density at radius 1 is 1.14 bits per heavy atom. The van der Waals surface area contributed by atoms with Crippen molar-refractivity contribution in [3.05, 3.63) is 50.3 Å². The highest BCUT2D eigenvalue weighted by Crippen LogP contribution is 2.23. The minimum absolute atomic E-state index is 0.0834. The van der Waals surface area contributed by atoms with Crippen molar-refractivity contribution in [1.29, 1.82) is 0 Å². The summed E-state index contributed by atoms with van der Waals surface area (Å²) in [5, 5.41) is 13.4. The van der Waals surface area contributed by atoms with E-state index >= 15 is 0 Å². The van der Waals surface area contributed by atoms with Crippen LogP contribution in [0.25, 0.3) is 10.9 Å². The molecule has 0 spiro atoms. The van der Waals surface area contributed by atoms with E-state index in [4.69, 9.17) is 0 Å². The van der Waals surface area contributed by atoms with Crippen LogP contribution in [-0.4, -0.2) is 20.7 Å². The number of pyridine rings is 1. The number of carbonyl (C=O) groups excluding carboxylic acids is 1. The molecule has 3 aromatic rings. The molecule has 1 amide bonds. The highest BCUT2D eigenvalue weighted by atomic mass is 32.1. The molecule has 0 aliphatic heterocycles. The minimum Gasteiger partial charge on any atom is -0.307 e. The smallest absolute Gasteiger partial charge is 0.251 e. The van der Waals surface area contributed by atoms with Crippen molar-refractivity contribution in [2.75, 3.05) is 5.32 Å².